The highest BCUT2D eigenvalue weighted by molar-refractivity contribution is 7.89. The summed E-state index contributed by atoms with van der Waals surface area (Å²) in [5.74, 6) is 1.53. The highest BCUT2D eigenvalue weighted by Crippen LogP contribution is 2.41. The molecule has 190 valence electrons. The maximum Gasteiger partial charge on any atom is 0.409 e. The molecule has 1 spiro atoms. The molecule has 0 N–H and O–H groups in total. The minimum atomic E-state index is -3.10. The van der Waals surface area contributed by atoms with E-state index in [0.717, 1.165) is 44.3 Å². The van der Waals surface area contributed by atoms with Gasteiger partial charge in [0, 0.05) is 39.0 Å². The number of carbonyl (C=O) groups excluding carboxylic acids is 1. The van der Waals surface area contributed by atoms with E-state index in [4.69, 9.17) is 9.47 Å². The molecule has 0 saturated carbocycles. The number of likely N-dealkylation sites (tertiary alicyclic amines) is 1. The van der Waals surface area contributed by atoms with Crippen molar-refractivity contribution in [3.63, 3.8) is 0 Å². The quantitative estimate of drug-likeness (QED) is 0.616. The van der Waals surface area contributed by atoms with Crippen LogP contribution in [0, 0.1) is 5.41 Å². The SMILES string of the molecule is CCS(=O)(=O)N1CCC(c2ccc3c(c2)CCC2(CCN(C(=O)OCC(C)(C)C)CC2)O3)CC1. The van der Waals surface area contributed by atoms with Crippen LogP contribution in [0.4, 0.5) is 4.79 Å². The molecule has 0 aliphatic carbocycles. The second-order valence-corrected chi connectivity index (χ2v) is 13.6. The number of ether oxygens (including phenoxy) is 2. The summed E-state index contributed by atoms with van der Waals surface area (Å²) in [6, 6.07) is 6.53. The summed E-state index contributed by atoms with van der Waals surface area (Å²) in [6.07, 6.45) is 5.09. The Morgan fingerprint density at radius 2 is 1.79 bits per heavy atom. The van der Waals surface area contributed by atoms with Gasteiger partial charge < -0.3 is 14.4 Å². The fraction of sp³-hybridized carbons (Fsp3) is 0.731. The molecule has 0 bridgehead atoms. The average Bonchev–Trinajstić information content (AvgIpc) is 2.82. The third kappa shape index (κ3) is 5.70. The maximum atomic E-state index is 12.4. The zero-order valence-electron chi connectivity index (χ0n) is 21.1. The lowest BCUT2D eigenvalue weighted by Crippen LogP contribution is -2.51. The number of sulfonamides is 1. The first kappa shape index (κ1) is 25.3. The molecule has 0 atom stereocenters. The Hall–Kier alpha value is -1.80. The number of nitrogens with zero attached hydrogens (tertiary/aromatic N) is 2. The molecule has 0 aromatic heterocycles. The fourth-order valence-electron chi connectivity index (χ4n) is 5.26. The van der Waals surface area contributed by atoms with Crippen molar-refractivity contribution in [1.82, 2.24) is 9.21 Å². The van der Waals surface area contributed by atoms with Crippen molar-refractivity contribution in [2.24, 2.45) is 5.41 Å². The number of amides is 1. The minimum Gasteiger partial charge on any atom is -0.487 e. The van der Waals surface area contributed by atoms with Crippen LogP contribution < -0.4 is 4.74 Å². The lowest BCUT2D eigenvalue weighted by atomic mass is 9.82. The van der Waals surface area contributed by atoms with Gasteiger partial charge in [-0.15, -0.1) is 0 Å². The number of aryl methyl sites for hydroxylation is 1. The Labute approximate surface area is 204 Å². The lowest BCUT2D eigenvalue weighted by Gasteiger charge is -2.44. The van der Waals surface area contributed by atoms with Crippen molar-refractivity contribution in [2.75, 3.05) is 38.5 Å². The van der Waals surface area contributed by atoms with Gasteiger partial charge in [0.05, 0.1) is 12.4 Å². The van der Waals surface area contributed by atoms with E-state index in [-0.39, 0.29) is 22.9 Å². The van der Waals surface area contributed by atoms with Gasteiger partial charge >= 0.3 is 6.09 Å². The maximum absolute atomic E-state index is 12.4. The highest BCUT2D eigenvalue weighted by Gasteiger charge is 2.41. The van der Waals surface area contributed by atoms with Crippen molar-refractivity contribution in [3.8, 4) is 5.75 Å². The molecule has 0 unspecified atom stereocenters. The molecule has 3 aliphatic heterocycles. The molecule has 7 nitrogen and oxygen atoms in total. The Balaban J connectivity index is 1.33. The number of carbonyl (C=O) groups is 1. The minimum absolute atomic E-state index is 0.0358. The van der Waals surface area contributed by atoms with Crippen molar-refractivity contribution in [2.45, 2.75) is 77.7 Å². The van der Waals surface area contributed by atoms with E-state index in [1.807, 2.05) is 4.90 Å². The Bertz CT molecular complexity index is 985. The standard InChI is InChI=1S/C26H40N2O5S/c1-5-34(30,31)28-14-9-20(10-15-28)21-6-7-23-22(18-21)8-11-26(33-23)12-16-27(17-13-26)24(29)32-19-25(2,3)4/h6-7,18,20H,5,8-17,19H2,1-4H3. The summed E-state index contributed by atoms with van der Waals surface area (Å²) in [4.78, 5) is 14.2. The molecule has 34 heavy (non-hydrogen) atoms. The monoisotopic (exact) mass is 492 g/mol. The largest absolute Gasteiger partial charge is 0.487 e. The zero-order valence-corrected chi connectivity index (χ0v) is 22.0. The third-order valence-corrected chi connectivity index (χ3v) is 9.39. The molecular weight excluding hydrogens is 452 g/mol. The van der Waals surface area contributed by atoms with Gasteiger partial charge in [0.15, 0.2) is 0 Å². The van der Waals surface area contributed by atoms with Crippen LogP contribution in [0.1, 0.15) is 76.8 Å². The topological polar surface area (TPSA) is 76.2 Å². The van der Waals surface area contributed by atoms with E-state index in [0.29, 0.717) is 38.7 Å². The van der Waals surface area contributed by atoms with Crippen LogP contribution in [0.2, 0.25) is 0 Å². The molecule has 4 rings (SSSR count). The normalized spacial score (nSPS) is 21.7. The zero-order chi connectivity index (χ0) is 24.6. The number of hydrogen-bond donors (Lipinski definition) is 0. The number of hydrogen-bond acceptors (Lipinski definition) is 5. The molecule has 2 fully saturated rings. The smallest absolute Gasteiger partial charge is 0.409 e. The van der Waals surface area contributed by atoms with Gasteiger partial charge in [-0.2, -0.15) is 0 Å². The summed E-state index contributed by atoms with van der Waals surface area (Å²) in [5.41, 5.74) is 2.31. The Kier molecular flexibility index (Phi) is 7.21. The van der Waals surface area contributed by atoms with Crippen LogP contribution in [0.25, 0.3) is 0 Å². The van der Waals surface area contributed by atoms with Crippen molar-refractivity contribution >= 4 is 16.1 Å². The predicted octanol–water partition coefficient (Wildman–Crippen LogP) is 4.56. The first-order chi connectivity index (χ1) is 16.0. The van der Waals surface area contributed by atoms with E-state index in [1.165, 1.54) is 11.1 Å². The van der Waals surface area contributed by atoms with E-state index >= 15 is 0 Å². The second kappa shape index (κ2) is 9.69. The summed E-state index contributed by atoms with van der Waals surface area (Å²) in [7, 11) is -3.10. The predicted molar refractivity (Wildman–Crippen MR) is 133 cm³/mol. The average molecular weight is 493 g/mol. The van der Waals surface area contributed by atoms with Crippen molar-refractivity contribution < 1.29 is 22.7 Å². The van der Waals surface area contributed by atoms with Gasteiger partial charge in [0.25, 0.3) is 0 Å². The van der Waals surface area contributed by atoms with Crippen LogP contribution in [0.3, 0.4) is 0 Å². The van der Waals surface area contributed by atoms with E-state index in [9.17, 15) is 13.2 Å². The second-order valence-electron chi connectivity index (χ2n) is 11.3. The molecule has 2 saturated heterocycles. The first-order valence-electron chi connectivity index (χ1n) is 12.7. The number of benzene rings is 1. The molecule has 3 heterocycles. The van der Waals surface area contributed by atoms with Crippen LogP contribution in [-0.2, 0) is 21.2 Å². The molecule has 1 aromatic carbocycles. The number of fused-ring (bicyclic) bond motifs is 1. The Morgan fingerprint density at radius 1 is 1.12 bits per heavy atom. The molecule has 1 amide bonds. The fourth-order valence-corrected chi connectivity index (χ4v) is 6.40. The van der Waals surface area contributed by atoms with Crippen LogP contribution in [-0.4, -0.2) is 67.9 Å². The summed E-state index contributed by atoms with van der Waals surface area (Å²) >= 11 is 0. The van der Waals surface area contributed by atoms with E-state index in [2.05, 4.69) is 39.0 Å². The molecule has 1 aromatic rings. The molecule has 8 heteroatoms. The molecule has 3 aliphatic rings. The van der Waals surface area contributed by atoms with E-state index < -0.39 is 10.0 Å². The van der Waals surface area contributed by atoms with Crippen LogP contribution in [0.15, 0.2) is 18.2 Å². The van der Waals surface area contributed by atoms with Crippen molar-refractivity contribution in [3.05, 3.63) is 29.3 Å². The first-order valence-corrected chi connectivity index (χ1v) is 14.3. The van der Waals surface area contributed by atoms with E-state index in [1.54, 1.807) is 11.2 Å². The third-order valence-electron chi connectivity index (χ3n) is 7.51. The van der Waals surface area contributed by atoms with Gasteiger partial charge in [-0.3, -0.25) is 0 Å². The lowest BCUT2D eigenvalue weighted by molar-refractivity contribution is -0.0172. The number of piperidine rings is 2. The summed E-state index contributed by atoms with van der Waals surface area (Å²) in [6.45, 7) is 10.8. The van der Waals surface area contributed by atoms with Crippen LogP contribution in [0.5, 0.6) is 5.75 Å². The molecule has 0 radical (unpaired) electrons. The highest BCUT2D eigenvalue weighted by atomic mass is 32.2. The van der Waals surface area contributed by atoms with Gasteiger partial charge in [-0.25, -0.2) is 17.5 Å². The number of rotatable bonds is 4. The Morgan fingerprint density at radius 3 is 2.41 bits per heavy atom. The van der Waals surface area contributed by atoms with Gasteiger partial charge in [0.2, 0.25) is 10.0 Å². The summed E-state index contributed by atoms with van der Waals surface area (Å²) < 4.78 is 38.0. The summed E-state index contributed by atoms with van der Waals surface area (Å²) in [5, 5.41) is 0. The van der Waals surface area contributed by atoms with Crippen LogP contribution >= 0.6 is 0 Å². The molecular formula is C26H40N2O5S. The van der Waals surface area contributed by atoms with Crippen molar-refractivity contribution in [1.29, 1.82) is 0 Å². The van der Waals surface area contributed by atoms with Gasteiger partial charge in [-0.05, 0) is 61.1 Å². The van der Waals surface area contributed by atoms with Gasteiger partial charge in [0.1, 0.15) is 11.4 Å². The van der Waals surface area contributed by atoms with Gasteiger partial charge in [-0.1, -0.05) is 32.9 Å².